The van der Waals surface area contributed by atoms with Crippen LogP contribution >= 0.6 is 0 Å². The van der Waals surface area contributed by atoms with Crippen molar-refractivity contribution in [2.45, 2.75) is 44.8 Å². The number of nitrogens with zero attached hydrogens (tertiary/aromatic N) is 3. The molecular formula is C19H30N4O2. The van der Waals surface area contributed by atoms with Gasteiger partial charge < -0.3 is 19.9 Å². The van der Waals surface area contributed by atoms with E-state index in [-0.39, 0.29) is 17.9 Å². The number of hydrogen-bond acceptors (Lipinski definition) is 5. The SMILES string of the molecule is C[C@@H]1OCC[C@H]1C(=O)N1CCC[C@@H](Nc2ccc(N(C)C)nc2)CC1. The zero-order valence-electron chi connectivity index (χ0n) is 15.6. The Morgan fingerprint density at radius 3 is 2.76 bits per heavy atom. The first-order valence-corrected chi connectivity index (χ1v) is 9.35. The lowest BCUT2D eigenvalue weighted by Gasteiger charge is -2.25. The Kier molecular flexibility index (Phi) is 5.78. The van der Waals surface area contributed by atoms with Gasteiger partial charge in [-0.15, -0.1) is 0 Å². The van der Waals surface area contributed by atoms with Crippen LogP contribution in [0.25, 0.3) is 0 Å². The summed E-state index contributed by atoms with van der Waals surface area (Å²) in [6.07, 6.45) is 5.90. The monoisotopic (exact) mass is 346 g/mol. The highest BCUT2D eigenvalue weighted by atomic mass is 16.5. The van der Waals surface area contributed by atoms with Crippen LogP contribution in [0.4, 0.5) is 11.5 Å². The summed E-state index contributed by atoms with van der Waals surface area (Å²) in [6.45, 7) is 4.41. The molecule has 6 nitrogen and oxygen atoms in total. The lowest BCUT2D eigenvalue weighted by molar-refractivity contribution is -0.136. The fourth-order valence-electron chi connectivity index (χ4n) is 3.72. The van der Waals surface area contributed by atoms with Gasteiger partial charge in [-0.2, -0.15) is 0 Å². The van der Waals surface area contributed by atoms with Gasteiger partial charge in [0.15, 0.2) is 0 Å². The largest absolute Gasteiger partial charge is 0.381 e. The van der Waals surface area contributed by atoms with Crippen molar-refractivity contribution < 1.29 is 9.53 Å². The summed E-state index contributed by atoms with van der Waals surface area (Å²) in [7, 11) is 3.98. The van der Waals surface area contributed by atoms with Gasteiger partial charge in [-0.3, -0.25) is 4.79 Å². The minimum atomic E-state index is 0.0484. The highest BCUT2D eigenvalue weighted by molar-refractivity contribution is 5.79. The third kappa shape index (κ3) is 4.42. The smallest absolute Gasteiger partial charge is 0.228 e. The highest BCUT2D eigenvalue weighted by Gasteiger charge is 2.34. The van der Waals surface area contributed by atoms with E-state index in [0.29, 0.717) is 12.6 Å². The average molecular weight is 346 g/mol. The molecule has 0 saturated carbocycles. The molecule has 1 amide bonds. The molecule has 2 aliphatic heterocycles. The van der Waals surface area contributed by atoms with E-state index in [9.17, 15) is 4.79 Å². The second-order valence-electron chi connectivity index (χ2n) is 7.37. The van der Waals surface area contributed by atoms with Gasteiger partial charge in [0.2, 0.25) is 5.91 Å². The molecule has 25 heavy (non-hydrogen) atoms. The van der Waals surface area contributed by atoms with Crippen LogP contribution in [-0.2, 0) is 9.53 Å². The number of ether oxygens (including phenoxy) is 1. The van der Waals surface area contributed by atoms with E-state index in [2.05, 4.69) is 16.4 Å². The summed E-state index contributed by atoms with van der Waals surface area (Å²) < 4.78 is 5.56. The fraction of sp³-hybridized carbons (Fsp3) is 0.684. The molecule has 0 aliphatic carbocycles. The van der Waals surface area contributed by atoms with Crippen molar-refractivity contribution in [2.24, 2.45) is 5.92 Å². The quantitative estimate of drug-likeness (QED) is 0.907. The Bertz CT molecular complexity index is 575. The summed E-state index contributed by atoms with van der Waals surface area (Å²) in [5, 5.41) is 3.58. The van der Waals surface area contributed by atoms with Crippen molar-refractivity contribution in [2.75, 3.05) is 44.0 Å². The van der Waals surface area contributed by atoms with Crippen LogP contribution in [0.3, 0.4) is 0 Å². The molecule has 3 atom stereocenters. The molecule has 1 aromatic rings. The summed E-state index contributed by atoms with van der Waals surface area (Å²) in [5.41, 5.74) is 1.05. The molecule has 0 bridgehead atoms. The number of pyridine rings is 1. The molecule has 3 rings (SSSR count). The van der Waals surface area contributed by atoms with Crippen LogP contribution < -0.4 is 10.2 Å². The molecule has 2 aliphatic rings. The first kappa shape index (κ1) is 18.0. The Hall–Kier alpha value is -1.82. The van der Waals surface area contributed by atoms with Gasteiger partial charge in [0.25, 0.3) is 0 Å². The van der Waals surface area contributed by atoms with Crippen molar-refractivity contribution in [1.29, 1.82) is 0 Å². The molecule has 6 heteroatoms. The molecule has 0 spiro atoms. The number of hydrogen-bond donors (Lipinski definition) is 1. The maximum Gasteiger partial charge on any atom is 0.228 e. The van der Waals surface area contributed by atoms with Crippen molar-refractivity contribution in [3.63, 3.8) is 0 Å². The molecule has 2 saturated heterocycles. The number of nitrogens with one attached hydrogen (secondary N) is 1. The van der Waals surface area contributed by atoms with Gasteiger partial charge in [-0.05, 0) is 44.7 Å². The van der Waals surface area contributed by atoms with Gasteiger partial charge in [0.1, 0.15) is 5.82 Å². The summed E-state index contributed by atoms with van der Waals surface area (Å²) in [4.78, 5) is 21.2. The number of likely N-dealkylation sites (tertiary alicyclic amines) is 1. The van der Waals surface area contributed by atoms with E-state index in [4.69, 9.17) is 4.74 Å². The first-order valence-electron chi connectivity index (χ1n) is 9.35. The Morgan fingerprint density at radius 2 is 2.12 bits per heavy atom. The maximum atomic E-state index is 12.7. The molecule has 1 N–H and O–H groups in total. The summed E-state index contributed by atoms with van der Waals surface area (Å²) in [5.74, 6) is 1.28. The number of carbonyl (C=O) groups is 1. The zero-order valence-corrected chi connectivity index (χ0v) is 15.6. The second kappa shape index (κ2) is 8.04. The topological polar surface area (TPSA) is 57.7 Å². The minimum Gasteiger partial charge on any atom is -0.381 e. The van der Waals surface area contributed by atoms with Crippen molar-refractivity contribution in [1.82, 2.24) is 9.88 Å². The lowest BCUT2D eigenvalue weighted by Crippen LogP contribution is -2.39. The van der Waals surface area contributed by atoms with E-state index in [1.165, 1.54) is 0 Å². The van der Waals surface area contributed by atoms with Crippen molar-refractivity contribution >= 4 is 17.4 Å². The van der Waals surface area contributed by atoms with Gasteiger partial charge in [0, 0.05) is 39.8 Å². The van der Waals surface area contributed by atoms with Crippen LogP contribution in [0.2, 0.25) is 0 Å². The molecule has 0 unspecified atom stereocenters. The summed E-state index contributed by atoms with van der Waals surface area (Å²) in [6, 6.07) is 4.49. The molecule has 138 valence electrons. The van der Waals surface area contributed by atoms with Crippen LogP contribution in [0, 0.1) is 5.92 Å². The van der Waals surface area contributed by atoms with E-state index in [1.807, 2.05) is 43.1 Å². The standard InChI is InChI=1S/C19H30N4O2/c1-14-17(9-12-25-14)19(24)23-10-4-5-15(8-11-23)21-16-6-7-18(20-13-16)22(2)3/h6-7,13-15,17,21H,4-5,8-12H2,1-3H3/t14-,15+,17+/m0/s1. The first-order chi connectivity index (χ1) is 12.0. The molecule has 0 aromatic carbocycles. The molecular weight excluding hydrogens is 316 g/mol. The maximum absolute atomic E-state index is 12.7. The number of carbonyl (C=O) groups excluding carboxylic acids is 1. The number of anilines is 2. The number of aromatic nitrogens is 1. The van der Waals surface area contributed by atoms with Crippen LogP contribution in [-0.4, -0.2) is 61.7 Å². The van der Waals surface area contributed by atoms with Crippen molar-refractivity contribution in [3.05, 3.63) is 18.3 Å². The molecule has 3 heterocycles. The van der Waals surface area contributed by atoms with Crippen LogP contribution in [0.1, 0.15) is 32.6 Å². The van der Waals surface area contributed by atoms with E-state index >= 15 is 0 Å². The number of amides is 1. The Morgan fingerprint density at radius 1 is 1.28 bits per heavy atom. The predicted molar refractivity (Wildman–Crippen MR) is 99.9 cm³/mol. The van der Waals surface area contributed by atoms with Crippen LogP contribution in [0.15, 0.2) is 18.3 Å². The Labute approximate surface area is 150 Å². The van der Waals surface area contributed by atoms with Gasteiger partial charge >= 0.3 is 0 Å². The molecule has 2 fully saturated rings. The van der Waals surface area contributed by atoms with E-state index in [1.54, 1.807) is 0 Å². The highest BCUT2D eigenvalue weighted by Crippen LogP contribution is 2.25. The van der Waals surface area contributed by atoms with Gasteiger partial charge in [-0.25, -0.2) is 4.98 Å². The molecule has 0 radical (unpaired) electrons. The zero-order chi connectivity index (χ0) is 17.8. The summed E-state index contributed by atoms with van der Waals surface area (Å²) >= 11 is 0. The third-order valence-corrected chi connectivity index (χ3v) is 5.31. The van der Waals surface area contributed by atoms with Gasteiger partial charge in [0.05, 0.1) is 23.9 Å². The number of rotatable bonds is 4. The second-order valence-corrected chi connectivity index (χ2v) is 7.37. The third-order valence-electron chi connectivity index (χ3n) is 5.31. The normalized spacial score (nSPS) is 27.0. The van der Waals surface area contributed by atoms with Gasteiger partial charge in [-0.1, -0.05) is 0 Å². The van der Waals surface area contributed by atoms with E-state index in [0.717, 1.165) is 50.3 Å². The average Bonchev–Trinajstić information content (AvgIpc) is 2.89. The van der Waals surface area contributed by atoms with E-state index < -0.39 is 0 Å². The predicted octanol–water partition coefficient (Wildman–Crippen LogP) is 2.37. The minimum absolute atomic E-state index is 0.0484. The lowest BCUT2D eigenvalue weighted by atomic mass is 10.0. The molecule has 1 aromatic heterocycles. The van der Waals surface area contributed by atoms with Crippen molar-refractivity contribution in [3.8, 4) is 0 Å². The Balaban J connectivity index is 1.53. The van der Waals surface area contributed by atoms with Crippen LogP contribution in [0.5, 0.6) is 0 Å². The fourth-order valence-corrected chi connectivity index (χ4v) is 3.72.